The van der Waals surface area contributed by atoms with Crippen LogP contribution in [0.1, 0.15) is 32.1 Å². The van der Waals surface area contributed by atoms with E-state index < -0.39 is 29.8 Å². The molecule has 1 heterocycles. The Morgan fingerprint density at radius 1 is 1.48 bits per heavy atom. The molecule has 0 aliphatic carbocycles. The van der Waals surface area contributed by atoms with Crippen LogP contribution < -0.4 is 10.6 Å². The number of aliphatic carboxylic acids is 1. The van der Waals surface area contributed by atoms with Gasteiger partial charge in [-0.05, 0) is 13.3 Å². The number of alkyl halides is 3. The van der Waals surface area contributed by atoms with Gasteiger partial charge in [0.05, 0.1) is 6.04 Å². The van der Waals surface area contributed by atoms with E-state index in [1.165, 1.54) is 17.7 Å². The molecule has 0 saturated carbocycles. The van der Waals surface area contributed by atoms with Crippen molar-refractivity contribution >= 4 is 12.0 Å². The number of carbonyl (C=O) groups is 2. The van der Waals surface area contributed by atoms with E-state index in [1.807, 2.05) is 0 Å². The number of rotatable bonds is 5. The molecule has 2 unspecified atom stereocenters. The summed E-state index contributed by atoms with van der Waals surface area (Å²) in [5, 5.41) is 12.4. The molecule has 0 aromatic carbocycles. The highest BCUT2D eigenvalue weighted by molar-refractivity contribution is 5.86. The molecule has 21 heavy (non-hydrogen) atoms. The highest BCUT2D eigenvalue weighted by Gasteiger charge is 2.58. The van der Waals surface area contributed by atoms with Gasteiger partial charge in [-0.15, -0.1) is 0 Å². The van der Waals surface area contributed by atoms with Crippen LogP contribution in [0.25, 0.3) is 0 Å². The third-order valence-electron chi connectivity index (χ3n) is 2.92. The number of nitrogens with zero attached hydrogens (tertiary/aromatic N) is 1. The molecule has 0 aliphatic rings. The maximum atomic E-state index is 12.8. The number of aromatic amines is 1. The quantitative estimate of drug-likeness (QED) is 0.662. The van der Waals surface area contributed by atoms with E-state index in [0.29, 0.717) is 19.2 Å². The number of carboxylic acids is 1. The van der Waals surface area contributed by atoms with Gasteiger partial charge in [0.2, 0.25) is 5.54 Å². The van der Waals surface area contributed by atoms with Gasteiger partial charge in [0.1, 0.15) is 5.82 Å². The number of halogens is 3. The lowest BCUT2D eigenvalue weighted by atomic mass is 10.0. The smallest absolute Gasteiger partial charge is 0.422 e. The fraction of sp³-hybridized carbons (Fsp3) is 0.545. The van der Waals surface area contributed by atoms with Crippen LogP contribution in [0.3, 0.4) is 0 Å². The summed E-state index contributed by atoms with van der Waals surface area (Å²) >= 11 is 0. The third kappa shape index (κ3) is 3.64. The van der Waals surface area contributed by atoms with Crippen LogP contribution >= 0.6 is 0 Å². The Bertz CT molecular complexity index is 503. The number of hydrogen-bond donors (Lipinski definition) is 4. The van der Waals surface area contributed by atoms with Gasteiger partial charge < -0.3 is 20.7 Å². The van der Waals surface area contributed by atoms with Crippen LogP contribution in [0.5, 0.6) is 0 Å². The minimum atomic E-state index is -5.14. The average molecular weight is 308 g/mol. The lowest BCUT2D eigenvalue weighted by molar-refractivity contribution is -0.203. The second-order valence-electron chi connectivity index (χ2n) is 4.46. The van der Waals surface area contributed by atoms with E-state index in [1.54, 1.807) is 6.92 Å². The lowest BCUT2D eigenvalue weighted by Gasteiger charge is -2.29. The maximum Gasteiger partial charge on any atom is 0.422 e. The Balaban J connectivity index is 2.82. The van der Waals surface area contributed by atoms with E-state index >= 15 is 0 Å². The van der Waals surface area contributed by atoms with Crippen LogP contribution in [-0.4, -0.2) is 38.8 Å². The summed E-state index contributed by atoms with van der Waals surface area (Å²) in [7, 11) is 0. The van der Waals surface area contributed by atoms with Gasteiger partial charge in [-0.2, -0.15) is 13.2 Å². The number of H-pyrrole nitrogens is 1. The van der Waals surface area contributed by atoms with Crippen LogP contribution in [-0.2, 0) is 4.79 Å². The minimum Gasteiger partial charge on any atom is -0.479 e. The molecule has 1 aromatic heterocycles. The highest BCUT2D eigenvalue weighted by Crippen LogP contribution is 2.30. The van der Waals surface area contributed by atoms with Crippen molar-refractivity contribution in [2.24, 2.45) is 0 Å². The number of carboxylic acid groups (broad SMARTS) is 1. The summed E-state index contributed by atoms with van der Waals surface area (Å²) in [6.07, 6.45) is -1.86. The number of nitrogens with one attached hydrogen (secondary N) is 3. The van der Waals surface area contributed by atoms with Crippen molar-refractivity contribution in [3.63, 3.8) is 0 Å². The molecule has 1 rings (SSSR count). The Kier molecular flexibility index (Phi) is 4.81. The summed E-state index contributed by atoms with van der Waals surface area (Å²) in [5.41, 5.74) is -3.38. The van der Waals surface area contributed by atoms with E-state index in [2.05, 4.69) is 15.3 Å². The highest BCUT2D eigenvalue weighted by atomic mass is 19.4. The van der Waals surface area contributed by atoms with Crippen LogP contribution in [0, 0.1) is 0 Å². The first-order valence-corrected chi connectivity index (χ1v) is 6.00. The molecular formula is C11H15F3N4O3. The van der Waals surface area contributed by atoms with Crippen molar-refractivity contribution in [2.75, 3.05) is 0 Å². The Hall–Kier alpha value is -2.26. The minimum absolute atomic E-state index is 0.358. The fourth-order valence-corrected chi connectivity index (χ4v) is 1.50. The van der Waals surface area contributed by atoms with Crippen molar-refractivity contribution in [3.05, 3.63) is 18.2 Å². The number of aromatic nitrogens is 2. The molecular weight excluding hydrogens is 293 g/mol. The molecule has 0 saturated heterocycles. The Labute approximate surface area is 117 Å². The van der Waals surface area contributed by atoms with Crippen molar-refractivity contribution in [1.29, 1.82) is 0 Å². The summed E-state index contributed by atoms with van der Waals surface area (Å²) in [6, 6.07) is -1.91. The van der Waals surface area contributed by atoms with Gasteiger partial charge in [-0.25, -0.2) is 14.6 Å². The van der Waals surface area contributed by atoms with Crippen molar-refractivity contribution in [3.8, 4) is 0 Å². The van der Waals surface area contributed by atoms with E-state index in [9.17, 15) is 22.8 Å². The predicted molar refractivity (Wildman–Crippen MR) is 65.4 cm³/mol. The van der Waals surface area contributed by atoms with E-state index in [0.717, 1.165) is 0 Å². The Morgan fingerprint density at radius 3 is 2.48 bits per heavy atom. The van der Waals surface area contributed by atoms with E-state index in [-0.39, 0.29) is 0 Å². The second-order valence-corrected chi connectivity index (χ2v) is 4.46. The van der Waals surface area contributed by atoms with Gasteiger partial charge in [-0.3, -0.25) is 0 Å². The number of urea groups is 1. The molecule has 10 heteroatoms. The van der Waals surface area contributed by atoms with Crippen molar-refractivity contribution in [1.82, 2.24) is 20.6 Å². The molecule has 0 aliphatic heterocycles. The number of carbonyl (C=O) groups excluding carboxylic acids is 1. The molecule has 1 aromatic rings. The zero-order valence-electron chi connectivity index (χ0n) is 11.3. The summed E-state index contributed by atoms with van der Waals surface area (Å²) in [5.74, 6) is -1.84. The van der Waals surface area contributed by atoms with Crippen molar-refractivity contribution in [2.45, 2.75) is 38.0 Å². The zero-order valence-corrected chi connectivity index (χ0v) is 11.3. The second kappa shape index (κ2) is 6.02. The lowest BCUT2D eigenvalue weighted by Crippen LogP contribution is -2.63. The van der Waals surface area contributed by atoms with Crippen LogP contribution in [0.15, 0.2) is 12.4 Å². The fourth-order valence-electron chi connectivity index (χ4n) is 1.50. The zero-order chi connectivity index (χ0) is 16.3. The normalized spacial score (nSPS) is 15.9. The molecule has 2 amide bonds. The molecule has 7 nitrogen and oxygen atoms in total. The molecule has 118 valence electrons. The van der Waals surface area contributed by atoms with Gasteiger partial charge in [0.15, 0.2) is 0 Å². The number of hydrogen-bond acceptors (Lipinski definition) is 3. The molecule has 0 radical (unpaired) electrons. The van der Waals surface area contributed by atoms with E-state index in [4.69, 9.17) is 5.11 Å². The van der Waals surface area contributed by atoms with Gasteiger partial charge in [0.25, 0.3) is 0 Å². The first-order valence-electron chi connectivity index (χ1n) is 6.00. The summed E-state index contributed by atoms with van der Waals surface area (Å²) in [6.45, 7) is 2.07. The number of imidazole rings is 1. The van der Waals surface area contributed by atoms with Gasteiger partial charge in [0, 0.05) is 12.4 Å². The first kappa shape index (κ1) is 16.8. The topological polar surface area (TPSA) is 107 Å². The third-order valence-corrected chi connectivity index (χ3v) is 2.92. The van der Waals surface area contributed by atoms with Crippen LogP contribution in [0.4, 0.5) is 18.0 Å². The molecule has 0 spiro atoms. The van der Waals surface area contributed by atoms with Gasteiger partial charge >= 0.3 is 18.2 Å². The Morgan fingerprint density at radius 2 is 2.10 bits per heavy atom. The first-order chi connectivity index (χ1) is 9.61. The van der Waals surface area contributed by atoms with Crippen LogP contribution in [0.2, 0.25) is 0 Å². The average Bonchev–Trinajstić information content (AvgIpc) is 2.87. The van der Waals surface area contributed by atoms with Crippen molar-refractivity contribution < 1.29 is 27.9 Å². The SMILES string of the molecule is CCC(NC(=O)NC(C)(C(=O)O)C(F)(F)F)c1ncc[nH]1. The molecule has 0 fully saturated rings. The summed E-state index contributed by atoms with van der Waals surface area (Å²) in [4.78, 5) is 29.1. The molecule has 2 atom stereocenters. The maximum absolute atomic E-state index is 12.8. The monoisotopic (exact) mass is 308 g/mol. The molecule has 4 N–H and O–H groups in total. The summed E-state index contributed by atoms with van der Waals surface area (Å²) < 4.78 is 38.3. The van der Waals surface area contributed by atoms with Gasteiger partial charge in [-0.1, -0.05) is 6.92 Å². The number of amides is 2. The largest absolute Gasteiger partial charge is 0.479 e. The molecule has 0 bridgehead atoms. The standard InChI is InChI=1S/C11H15F3N4O3/c1-3-6(7-15-4-5-16-7)17-9(21)18-10(2,8(19)20)11(12,13)14/h4-6H,3H2,1-2H3,(H,15,16)(H,19,20)(H2,17,18,21). The predicted octanol–water partition coefficient (Wildman–Crippen LogP) is 1.57.